The van der Waals surface area contributed by atoms with E-state index in [2.05, 4.69) is 32.9 Å². The molecule has 3 rings (SSSR count). The SMILES string of the molecule is CN1CCC(N(Cc2ccco2)C(=O)c2cncc(Br)c2)CC1. The summed E-state index contributed by atoms with van der Waals surface area (Å²) in [5.74, 6) is 0.810. The lowest BCUT2D eigenvalue weighted by Gasteiger charge is -2.37. The fourth-order valence-electron chi connectivity index (χ4n) is 2.94. The highest BCUT2D eigenvalue weighted by Crippen LogP contribution is 2.22. The zero-order valence-electron chi connectivity index (χ0n) is 13.1. The number of carbonyl (C=O) groups excluding carboxylic acids is 1. The Kier molecular flexibility index (Phi) is 5.13. The molecule has 6 heteroatoms. The first-order valence-electron chi connectivity index (χ1n) is 7.76. The van der Waals surface area contributed by atoms with Crippen LogP contribution in [0.4, 0.5) is 0 Å². The van der Waals surface area contributed by atoms with E-state index in [1.165, 1.54) is 0 Å². The van der Waals surface area contributed by atoms with E-state index in [1.807, 2.05) is 23.1 Å². The summed E-state index contributed by atoms with van der Waals surface area (Å²) in [5.41, 5.74) is 0.602. The average molecular weight is 378 g/mol. The van der Waals surface area contributed by atoms with Crippen molar-refractivity contribution in [2.45, 2.75) is 25.4 Å². The van der Waals surface area contributed by atoms with Crippen LogP contribution in [0.1, 0.15) is 29.0 Å². The molecule has 1 amide bonds. The van der Waals surface area contributed by atoms with Crippen LogP contribution in [0.3, 0.4) is 0 Å². The molecule has 0 atom stereocenters. The van der Waals surface area contributed by atoms with Crippen LogP contribution in [-0.4, -0.2) is 46.9 Å². The Balaban J connectivity index is 1.83. The number of hydrogen-bond donors (Lipinski definition) is 0. The lowest BCUT2D eigenvalue weighted by Crippen LogP contribution is -2.46. The molecule has 1 aliphatic rings. The van der Waals surface area contributed by atoms with Crippen molar-refractivity contribution in [3.05, 3.63) is 52.7 Å². The second-order valence-corrected chi connectivity index (χ2v) is 6.85. The molecule has 3 heterocycles. The summed E-state index contributed by atoms with van der Waals surface area (Å²) in [7, 11) is 2.12. The third kappa shape index (κ3) is 4.00. The maximum absolute atomic E-state index is 13.0. The van der Waals surface area contributed by atoms with Crippen molar-refractivity contribution in [3.63, 3.8) is 0 Å². The van der Waals surface area contributed by atoms with E-state index in [9.17, 15) is 4.79 Å². The van der Waals surface area contributed by atoms with E-state index >= 15 is 0 Å². The molecule has 122 valence electrons. The van der Waals surface area contributed by atoms with Gasteiger partial charge in [0, 0.05) is 22.9 Å². The van der Waals surface area contributed by atoms with Crippen molar-refractivity contribution in [2.75, 3.05) is 20.1 Å². The van der Waals surface area contributed by atoms with E-state index in [1.54, 1.807) is 18.7 Å². The molecule has 1 aliphatic heterocycles. The molecule has 0 aliphatic carbocycles. The Labute approximate surface area is 144 Å². The van der Waals surface area contributed by atoms with Gasteiger partial charge < -0.3 is 14.2 Å². The quantitative estimate of drug-likeness (QED) is 0.820. The average Bonchev–Trinajstić information content (AvgIpc) is 3.06. The minimum atomic E-state index is 0.00440. The highest BCUT2D eigenvalue weighted by molar-refractivity contribution is 9.10. The van der Waals surface area contributed by atoms with Gasteiger partial charge in [0.2, 0.25) is 0 Å². The summed E-state index contributed by atoms with van der Waals surface area (Å²) in [6.45, 7) is 2.50. The molecule has 0 aromatic carbocycles. The maximum Gasteiger partial charge on any atom is 0.256 e. The summed E-state index contributed by atoms with van der Waals surface area (Å²) in [5, 5.41) is 0. The summed E-state index contributed by atoms with van der Waals surface area (Å²) in [4.78, 5) is 21.4. The minimum Gasteiger partial charge on any atom is -0.467 e. The fourth-order valence-corrected chi connectivity index (χ4v) is 3.30. The molecule has 0 N–H and O–H groups in total. The van der Waals surface area contributed by atoms with Gasteiger partial charge in [-0.2, -0.15) is 0 Å². The van der Waals surface area contributed by atoms with Crippen molar-refractivity contribution in [2.24, 2.45) is 0 Å². The van der Waals surface area contributed by atoms with Crippen LogP contribution in [0.15, 0.2) is 45.7 Å². The van der Waals surface area contributed by atoms with Crippen LogP contribution in [0.5, 0.6) is 0 Å². The molecule has 1 fully saturated rings. The van der Waals surface area contributed by atoms with E-state index in [-0.39, 0.29) is 11.9 Å². The second kappa shape index (κ2) is 7.27. The van der Waals surface area contributed by atoms with Crippen LogP contribution in [0.25, 0.3) is 0 Å². The Bertz CT molecular complexity index is 652. The van der Waals surface area contributed by atoms with Gasteiger partial charge >= 0.3 is 0 Å². The van der Waals surface area contributed by atoms with Crippen LogP contribution in [-0.2, 0) is 6.54 Å². The van der Waals surface area contributed by atoms with E-state index < -0.39 is 0 Å². The molecular weight excluding hydrogens is 358 g/mol. The molecule has 0 bridgehead atoms. The van der Waals surface area contributed by atoms with E-state index in [0.29, 0.717) is 12.1 Å². The number of furan rings is 1. The van der Waals surface area contributed by atoms with E-state index in [0.717, 1.165) is 36.2 Å². The molecule has 0 unspecified atom stereocenters. The first-order chi connectivity index (χ1) is 11.1. The van der Waals surface area contributed by atoms with Gasteiger partial charge in [0.25, 0.3) is 5.91 Å². The number of aromatic nitrogens is 1. The molecule has 0 spiro atoms. The third-order valence-corrected chi connectivity index (χ3v) is 4.68. The predicted molar refractivity (Wildman–Crippen MR) is 91.0 cm³/mol. The largest absolute Gasteiger partial charge is 0.467 e. The van der Waals surface area contributed by atoms with Gasteiger partial charge in [0.1, 0.15) is 5.76 Å². The van der Waals surface area contributed by atoms with Crippen molar-refractivity contribution in [3.8, 4) is 0 Å². The first kappa shape index (κ1) is 16.2. The highest BCUT2D eigenvalue weighted by Gasteiger charge is 2.28. The highest BCUT2D eigenvalue weighted by atomic mass is 79.9. The number of rotatable bonds is 4. The zero-order valence-corrected chi connectivity index (χ0v) is 14.7. The lowest BCUT2D eigenvalue weighted by molar-refractivity contribution is 0.0550. The molecule has 1 saturated heterocycles. The monoisotopic (exact) mass is 377 g/mol. The number of amides is 1. The Hall–Kier alpha value is -1.66. The van der Waals surface area contributed by atoms with Crippen molar-refractivity contribution < 1.29 is 9.21 Å². The lowest BCUT2D eigenvalue weighted by atomic mass is 10.0. The van der Waals surface area contributed by atoms with Gasteiger partial charge in [-0.15, -0.1) is 0 Å². The summed E-state index contributed by atoms with van der Waals surface area (Å²) in [6, 6.07) is 5.81. The molecule has 23 heavy (non-hydrogen) atoms. The Morgan fingerprint density at radius 2 is 2.22 bits per heavy atom. The third-order valence-electron chi connectivity index (χ3n) is 4.25. The molecule has 0 saturated carbocycles. The van der Waals surface area contributed by atoms with Gasteiger partial charge in [0.05, 0.1) is 18.4 Å². The smallest absolute Gasteiger partial charge is 0.256 e. The number of halogens is 1. The fraction of sp³-hybridized carbons (Fsp3) is 0.412. The van der Waals surface area contributed by atoms with Crippen LogP contribution in [0, 0.1) is 0 Å². The second-order valence-electron chi connectivity index (χ2n) is 5.94. The summed E-state index contributed by atoms with van der Waals surface area (Å²) in [6.07, 6.45) is 6.91. The molecular formula is C17H20BrN3O2. The van der Waals surface area contributed by atoms with Gasteiger partial charge in [-0.25, -0.2) is 0 Å². The van der Waals surface area contributed by atoms with Crippen molar-refractivity contribution >= 4 is 21.8 Å². The molecule has 5 nitrogen and oxygen atoms in total. The van der Waals surface area contributed by atoms with Gasteiger partial charge in [-0.1, -0.05) is 0 Å². The first-order valence-corrected chi connectivity index (χ1v) is 8.55. The maximum atomic E-state index is 13.0. The molecule has 2 aromatic heterocycles. The Morgan fingerprint density at radius 1 is 1.43 bits per heavy atom. The van der Waals surface area contributed by atoms with Crippen molar-refractivity contribution in [1.29, 1.82) is 0 Å². The summed E-state index contributed by atoms with van der Waals surface area (Å²) < 4.78 is 6.27. The predicted octanol–water partition coefficient (Wildman–Crippen LogP) is 3.17. The number of nitrogens with zero attached hydrogens (tertiary/aromatic N) is 3. The van der Waals surface area contributed by atoms with Crippen LogP contribution in [0.2, 0.25) is 0 Å². The van der Waals surface area contributed by atoms with E-state index in [4.69, 9.17) is 4.42 Å². The number of carbonyl (C=O) groups is 1. The van der Waals surface area contributed by atoms with Crippen LogP contribution < -0.4 is 0 Å². The normalized spacial score (nSPS) is 16.4. The molecule has 0 radical (unpaired) electrons. The summed E-state index contributed by atoms with van der Waals surface area (Å²) >= 11 is 3.39. The van der Waals surface area contributed by atoms with Gasteiger partial charge in [-0.05, 0) is 67.1 Å². The van der Waals surface area contributed by atoms with Crippen LogP contribution >= 0.6 is 15.9 Å². The Morgan fingerprint density at radius 3 is 2.87 bits per heavy atom. The van der Waals surface area contributed by atoms with Crippen molar-refractivity contribution in [1.82, 2.24) is 14.8 Å². The number of pyridine rings is 1. The minimum absolute atomic E-state index is 0.00440. The number of hydrogen-bond acceptors (Lipinski definition) is 4. The zero-order chi connectivity index (χ0) is 16.2. The number of piperidine rings is 1. The van der Waals surface area contributed by atoms with Gasteiger partial charge in [-0.3, -0.25) is 9.78 Å². The van der Waals surface area contributed by atoms with Gasteiger partial charge in [0.15, 0.2) is 0 Å². The topological polar surface area (TPSA) is 49.6 Å². The molecule has 2 aromatic rings. The number of likely N-dealkylation sites (tertiary alicyclic amines) is 1. The standard InChI is InChI=1S/C17H20BrN3O2/c1-20-6-4-15(5-7-20)21(12-16-3-2-8-23-16)17(22)13-9-14(18)11-19-10-13/h2-3,8-11,15H,4-7,12H2,1H3.